The fourth-order valence-corrected chi connectivity index (χ4v) is 3.47. The van der Waals surface area contributed by atoms with E-state index in [1.54, 1.807) is 0 Å². The molecule has 0 unspecified atom stereocenters. The number of rotatable bonds is 2. The molecule has 3 aliphatic rings. The number of aromatic nitrogens is 1. The molecule has 4 heteroatoms. The molecule has 0 spiro atoms. The molecule has 1 aromatic rings. The van der Waals surface area contributed by atoms with E-state index in [-0.39, 0.29) is 0 Å². The van der Waals surface area contributed by atoms with Crippen LogP contribution in [0.15, 0.2) is 12.1 Å². The minimum Gasteiger partial charge on any atom is -0.397 e. The Hall–Kier alpha value is -1.29. The van der Waals surface area contributed by atoms with E-state index in [1.807, 2.05) is 6.07 Å². The molecule has 2 saturated heterocycles. The van der Waals surface area contributed by atoms with Gasteiger partial charge in [0, 0.05) is 31.1 Å². The third-order valence-electron chi connectivity index (χ3n) is 4.72. The van der Waals surface area contributed by atoms with E-state index in [4.69, 9.17) is 10.7 Å². The summed E-state index contributed by atoms with van der Waals surface area (Å²) in [7, 11) is 2.23. The first-order valence-electron chi connectivity index (χ1n) is 6.95. The van der Waals surface area contributed by atoms with E-state index in [2.05, 4.69) is 22.9 Å². The number of piperazine rings is 1. The first kappa shape index (κ1) is 10.6. The van der Waals surface area contributed by atoms with Crippen LogP contribution in [-0.2, 0) is 0 Å². The summed E-state index contributed by atoms with van der Waals surface area (Å²) in [4.78, 5) is 9.80. The number of nitrogen functional groups attached to an aromatic ring is 1. The van der Waals surface area contributed by atoms with Gasteiger partial charge in [-0.2, -0.15) is 0 Å². The number of anilines is 2. The topological polar surface area (TPSA) is 45.4 Å². The van der Waals surface area contributed by atoms with E-state index in [9.17, 15) is 0 Å². The molecule has 0 aromatic carbocycles. The molecule has 18 heavy (non-hydrogen) atoms. The number of hydrogen-bond donors (Lipinski definition) is 1. The van der Waals surface area contributed by atoms with Gasteiger partial charge < -0.3 is 10.6 Å². The predicted molar refractivity (Wildman–Crippen MR) is 72.8 cm³/mol. The van der Waals surface area contributed by atoms with Gasteiger partial charge in [-0.3, -0.25) is 4.90 Å². The van der Waals surface area contributed by atoms with Crippen molar-refractivity contribution in [1.82, 2.24) is 9.88 Å². The molecular weight excluding hydrogens is 224 g/mol. The molecule has 1 aliphatic carbocycles. The maximum atomic E-state index is 6.04. The van der Waals surface area contributed by atoms with Crippen LogP contribution in [0.3, 0.4) is 0 Å². The van der Waals surface area contributed by atoms with Gasteiger partial charge >= 0.3 is 0 Å². The fourth-order valence-electron chi connectivity index (χ4n) is 3.47. The van der Waals surface area contributed by atoms with Crippen molar-refractivity contribution in [2.45, 2.75) is 37.3 Å². The number of nitrogens with zero attached hydrogens (tertiary/aromatic N) is 3. The van der Waals surface area contributed by atoms with Crippen LogP contribution in [0.5, 0.6) is 0 Å². The smallest absolute Gasteiger partial charge is 0.129 e. The summed E-state index contributed by atoms with van der Waals surface area (Å²) in [6.07, 6.45) is 3.81. The predicted octanol–water partition coefficient (Wildman–Crippen LogP) is 1.43. The van der Waals surface area contributed by atoms with Gasteiger partial charge in [-0.1, -0.05) is 0 Å². The SMILES string of the molecule is CN1C[C@H]2C[C@@H]1CN2c1ccc(N)c(C2CC2)n1. The second-order valence-electron chi connectivity index (χ2n) is 6.05. The van der Waals surface area contributed by atoms with Gasteiger partial charge in [0.05, 0.1) is 11.4 Å². The van der Waals surface area contributed by atoms with Crippen molar-refractivity contribution in [3.8, 4) is 0 Å². The van der Waals surface area contributed by atoms with Gasteiger partial charge in [0.2, 0.25) is 0 Å². The lowest BCUT2D eigenvalue weighted by atomic mass is 10.2. The molecule has 3 heterocycles. The lowest BCUT2D eigenvalue weighted by Crippen LogP contribution is -2.44. The van der Waals surface area contributed by atoms with E-state index in [0.717, 1.165) is 29.8 Å². The molecule has 2 aliphatic heterocycles. The van der Waals surface area contributed by atoms with Gasteiger partial charge in [0.25, 0.3) is 0 Å². The van der Waals surface area contributed by atoms with Crippen molar-refractivity contribution in [1.29, 1.82) is 0 Å². The van der Waals surface area contributed by atoms with Crippen LogP contribution in [0.4, 0.5) is 11.5 Å². The summed E-state index contributed by atoms with van der Waals surface area (Å²) < 4.78 is 0. The van der Waals surface area contributed by atoms with Gasteiger partial charge in [0.15, 0.2) is 0 Å². The van der Waals surface area contributed by atoms with Crippen LogP contribution in [-0.4, -0.2) is 42.1 Å². The van der Waals surface area contributed by atoms with E-state index in [0.29, 0.717) is 12.0 Å². The molecule has 1 aromatic heterocycles. The Morgan fingerprint density at radius 3 is 2.67 bits per heavy atom. The molecule has 2 atom stereocenters. The molecule has 96 valence electrons. The van der Waals surface area contributed by atoms with Gasteiger partial charge in [-0.15, -0.1) is 0 Å². The Bertz CT molecular complexity index is 481. The molecule has 0 radical (unpaired) electrons. The van der Waals surface area contributed by atoms with Crippen LogP contribution < -0.4 is 10.6 Å². The highest BCUT2D eigenvalue weighted by Crippen LogP contribution is 2.43. The highest BCUT2D eigenvalue weighted by molar-refractivity contribution is 5.54. The van der Waals surface area contributed by atoms with Gasteiger partial charge in [-0.05, 0) is 38.4 Å². The number of hydrogen-bond acceptors (Lipinski definition) is 4. The lowest BCUT2D eigenvalue weighted by Gasteiger charge is -2.33. The van der Waals surface area contributed by atoms with Crippen molar-refractivity contribution in [3.05, 3.63) is 17.8 Å². The number of fused-ring (bicyclic) bond motifs is 2. The van der Waals surface area contributed by atoms with Crippen LogP contribution in [0.25, 0.3) is 0 Å². The number of pyridine rings is 1. The average molecular weight is 244 g/mol. The summed E-state index contributed by atoms with van der Waals surface area (Å²) >= 11 is 0. The summed E-state index contributed by atoms with van der Waals surface area (Å²) in [5.74, 6) is 1.78. The van der Waals surface area contributed by atoms with Crippen molar-refractivity contribution in [3.63, 3.8) is 0 Å². The molecule has 1 saturated carbocycles. The fraction of sp³-hybridized carbons (Fsp3) is 0.643. The van der Waals surface area contributed by atoms with Crippen LogP contribution in [0.2, 0.25) is 0 Å². The normalized spacial score (nSPS) is 31.3. The summed E-state index contributed by atoms with van der Waals surface area (Å²) in [5.41, 5.74) is 8.06. The average Bonchev–Trinajstić information content (AvgIpc) is 3.03. The highest BCUT2D eigenvalue weighted by Gasteiger charge is 2.42. The Morgan fingerprint density at radius 1 is 1.22 bits per heavy atom. The van der Waals surface area contributed by atoms with E-state index in [1.165, 1.54) is 25.8 Å². The summed E-state index contributed by atoms with van der Waals surface area (Å²) in [6.45, 7) is 2.30. The lowest BCUT2D eigenvalue weighted by molar-refractivity contribution is 0.292. The van der Waals surface area contributed by atoms with Crippen molar-refractivity contribution < 1.29 is 0 Å². The minimum atomic E-state index is 0.632. The highest BCUT2D eigenvalue weighted by atomic mass is 15.4. The Kier molecular flexibility index (Phi) is 2.13. The zero-order valence-corrected chi connectivity index (χ0v) is 10.8. The first-order chi connectivity index (χ1) is 8.72. The van der Waals surface area contributed by atoms with Crippen LogP contribution >= 0.6 is 0 Å². The maximum absolute atomic E-state index is 6.04. The largest absolute Gasteiger partial charge is 0.397 e. The molecule has 0 amide bonds. The molecule has 2 N–H and O–H groups in total. The summed E-state index contributed by atoms with van der Waals surface area (Å²) in [5, 5.41) is 0. The van der Waals surface area contributed by atoms with Crippen molar-refractivity contribution >= 4 is 11.5 Å². The number of likely N-dealkylation sites (tertiary alicyclic amines) is 1. The third kappa shape index (κ3) is 1.52. The molecule has 2 bridgehead atoms. The minimum absolute atomic E-state index is 0.632. The molecule has 3 fully saturated rings. The zero-order chi connectivity index (χ0) is 12.3. The number of nitrogens with two attached hydrogens (primary N) is 1. The van der Waals surface area contributed by atoms with E-state index >= 15 is 0 Å². The molecular formula is C14H20N4. The Labute approximate surface area is 108 Å². The van der Waals surface area contributed by atoms with Crippen LogP contribution in [0, 0.1) is 0 Å². The van der Waals surface area contributed by atoms with Crippen molar-refractivity contribution in [2.24, 2.45) is 0 Å². The van der Waals surface area contributed by atoms with Gasteiger partial charge in [0.1, 0.15) is 5.82 Å². The quantitative estimate of drug-likeness (QED) is 0.855. The maximum Gasteiger partial charge on any atom is 0.129 e. The van der Waals surface area contributed by atoms with Crippen molar-refractivity contribution in [2.75, 3.05) is 30.8 Å². The molecule has 4 rings (SSSR count). The Balaban J connectivity index is 1.64. The van der Waals surface area contributed by atoms with E-state index < -0.39 is 0 Å². The molecule has 4 nitrogen and oxygen atoms in total. The monoisotopic (exact) mass is 244 g/mol. The zero-order valence-electron chi connectivity index (χ0n) is 10.8. The second-order valence-corrected chi connectivity index (χ2v) is 6.05. The van der Waals surface area contributed by atoms with Gasteiger partial charge in [-0.25, -0.2) is 4.98 Å². The summed E-state index contributed by atoms with van der Waals surface area (Å²) in [6, 6.07) is 5.52. The Morgan fingerprint density at radius 2 is 2.06 bits per heavy atom. The standard InChI is InChI=1S/C14H20N4/c1-17-7-11-6-10(17)8-18(11)13-5-4-12(15)14(16-13)9-2-3-9/h4-5,9-11H,2-3,6-8,15H2,1H3/t10-,11-/m1/s1. The first-order valence-corrected chi connectivity index (χ1v) is 6.95. The second kappa shape index (κ2) is 3.60. The van der Waals surface area contributed by atoms with Crippen LogP contribution in [0.1, 0.15) is 30.9 Å². The third-order valence-corrected chi connectivity index (χ3v) is 4.72. The number of likely N-dealkylation sites (N-methyl/N-ethyl adjacent to an activating group) is 1.